The van der Waals surface area contributed by atoms with E-state index < -0.39 is 11.0 Å². The first-order valence-electron chi connectivity index (χ1n) is 6.59. The van der Waals surface area contributed by atoms with Crippen LogP contribution in [0.4, 0.5) is 0 Å². The van der Waals surface area contributed by atoms with Crippen molar-refractivity contribution >= 4 is 5.97 Å². The third-order valence-corrected chi connectivity index (χ3v) is 3.14. The Morgan fingerprint density at radius 2 is 1.58 bits per heavy atom. The van der Waals surface area contributed by atoms with Crippen LogP contribution in [0.2, 0.25) is 0 Å². The molecule has 0 bridgehead atoms. The molecule has 1 unspecified atom stereocenters. The molecule has 0 saturated carbocycles. The predicted molar refractivity (Wildman–Crippen MR) is 77.7 cm³/mol. The number of hydrogen-bond acceptors (Lipinski definition) is 3. The van der Waals surface area contributed by atoms with Gasteiger partial charge in [-0.25, -0.2) is 0 Å². The number of esters is 1. The fourth-order valence-electron chi connectivity index (χ4n) is 1.73. The molecule has 19 heavy (non-hydrogen) atoms. The Labute approximate surface area is 116 Å². The Bertz CT molecular complexity index is 441. The number of carbonyl (C=O) groups is 1. The van der Waals surface area contributed by atoms with Crippen LogP contribution in [-0.4, -0.2) is 11.6 Å². The van der Waals surface area contributed by atoms with Crippen molar-refractivity contribution in [2.45, 2.75) is 53.2 Å². The molecule has 1 atom stereocenters. The van der Waals surface area contributed by atoms with Crippen molar-refractivity contribution in [3.05, 3.63) is 35.4 Å². The van der Waals surface area contributed by atoms with Gasteiger partial charge in [-0.05, 0) is 47.1 Å². The smallest absolute Gasteiger partial charge is 0.313 e. The van der Waals surface area contributed by atoms with Crippen LogP contribution in [0.25, 0.3) is 0 Å². The van der Waals surface area contributed by atoms with Gasteiger partial charge >= 0.3 is 5.97 Å². The maximum absolute atomic E-state index is 12.3. The van der Waals surface area contributed by atoms with Crippen molar-refractivity contribution in [3.63, 3.8) is 0 Å². The van der Waals surface area contributed by atoms with Gasteiger partial charge in [0.1, 0.15) is 5.60 Å². The van der Waals surface area contributed by atoms with Crippen molar-refractivity contribution in [1.29, 1.82) is 0 Å². The zero-order valence-corrected chi connectivity index (χ0v) is 12.8. The van der Waals surface area contributed by atoms with Crippen LogP contribution in [0.3, 0.4) is 0 Å². The fraction of sp³-hybridized carbons (Fsp3) is 0.562. The van der Waals surface area contributed by atoms with Crippen molar-refractivity contribution in [2.75, 3.05) is 0 Å². The molecule has 3 nitrogen and oxygen atoms in total. The largest absolute Gasteiger partial charge is 0.460 e. The highest BCUT2D eigenvalue weighted by Gasteiger charge is 2.38. The van der Waals surface area contributed by atoms with E-state index in [9.17, 15) is 4.79 Å². The molecule has 1 rings (SSSR count). The van der Waals surface area contributed by atoms with Gasteiger partial charge in [0.2, 0.25) is 0 Å². The van der Waals surface area contributed by atoms with Crippen LogP contribution in [0.15, 0.2) is 24.3 Å². The first-order chi connectivity index (χ1) is 8.54. The molecular formula is C16H25NO2. The average molecular weight is 263 g/mol. The van der Waals surface area contributed by atoms with E-state index in [4.69, 9.17) is 10.5 Å². The second kappa shape index (κ2) is 5.33. The highest BCUT2D eigenvalue weighted by Crippen LogP contribution is 2.34. The highest BCUT2D eigenvalue weighted by atomic mass is 16.6. The first kappa shape index (κ1) is 15.7. The summed E-state index contributed by atoms with van der Waals surface area (Å²) in [6.07, 6.45) is 0. The molecule has 0 aliphatic carbocycles. The number of rotatable bonds is 3. The van der Waals surface area contributed by atoms with Crippen molar-refractivity contribution in [3.8, 4) is 0 Å². The second-order valence-corrected chi connectivity index (χ2v) is 6.61. The molecule has 2 N–H and O–H groups in total. The maximum Gasteiger partial charge on any atom is 0.313 e. The molecule has 0 fully saturated rings. The van der Waals surface area contributed by atoms with Crippen molar-refractivity contribution < 1.29 is 9.53 Å². The number of carbonyl (C=O) groups excluding carboxylic acids is 1. The zero-order valence-electron chi connectivity index (χ0n) is 12.8. The summed E-state index contributed by atoms with van der Waals surface area (Å²) in [7, 11) is 0. The molecule has 0 heterocycles. The van der Waals surface area contributed by atoms with Crippen LogP contribution in [-0.2, 0) is 9.53 Å². The minimum absolute atomic E-state index is 0.270. The number of benzene rings is 1. The Morgan fingerprint density at radius 3 is 2.00 bits per heavy atom. The van der Waals surface area contributed by atoms with Crippen LogP contribution in [0, 0.1) is 12.3 Å². The molecule has 1 aromatic rings. The molecule has 0 amide bonds. The fourth-order valence-corrected chi connectivity index (χ4v) is 1.73. The molecule has 3 heteroatoms. The summed E-state index contributed by atoms with van der Waals surface area (Å²) >= 11 is 0. The van der Waals surface area contributed by atoms with Gasteiger partial charge < -0.3 is 10.5 Å². The number of ether oxygens (including phenoxy) is 1. The Hall–Kier alpha value is -1.35. The van der Waals surface area contributed by atoms with E-state index >= 15 is 0 Å². The summed E-state index contributed by atoms with van der Waals surface area (Å²) < 4.78 is 5.45. The Balaban J connectivity index is 2.92. The molecule has 0 aliphatic heterocycles. The predicted octanol–water partition coefficient (Wildman–Crippen LogP) is 3.36. The molecule has 0 aliphatic rings. The lowest BCUT2D eigenvalue weighted by atomic mass is 9.80. The summed E-state index contributed by atoms with van der Waals surface area (Å²) in [5.74, 6) is -0.270. The van der Waals surface area contributed by atoms with E-state index in [-0.39, 0.29) is 12.0 Å². The third-order valence-electron chi connectivity index (χ3n) is 3.14. The van der Waals surface area contributed by atoms with Gasteiger partial charge in [0.05, 0.1) is 5.41 Å². The summed E-state index contributed by atoms with van der Waals surface area (Å²) in [5.41, 5.74) is 7.10. The summed E-state index contributed by atoms with van der Waals surface area (Å²) in [4.78, 5) is 12.3. The number of aryl methyl sites for hydroxylation is 1. The van der Waals surface area contributed by atoms with E-state index in [1.54, 1.807) is 0 Å². The van der Waals surface area contributed by atoms with E-state index in [0.717, 1.165) is 5.56 Å². The topological polar surface area (TPSA) is 52.3 Å². The lowest BCUT2D eigenvalue weighted by molar-refractivity contribution is -0.167. The van der Waals surface area contributed by atoms with Gasteiger partial charge in [0.15, 0.2) is 0 Å². The van der Waals surface area contributed by atoms with E-state index in [1.807, 2.05) is 65.8 Å². The molecule has 0 aromatic heterocycles. The Kier molecular flexibility index (Phi) is 4.41. The van der Waals surface area contributed by atoms with Crippen LogP contribution in [0.5, 0.6) is 0 Å². The number of nitrogens with two attached hydrogens (primary N) is 1. The SMILES string of the molecule is Cc1ccc(C(N)C(C)(C)C(=O)OC(C)(C)C)cc1. The van der Waals surface area contributed by atoms with Crippen molar-refractivity contribution in [1.82, 2.24) is 0 Å². The quantitative estimate of drug-likeness (QED) is 0.851. The molecular weight excluding hydrogens is 238 g/mol. The molecule has 0 spiro atoms. The van der Waals surface area contributed by atoms with Gasteiger partial charge in [-0.15, -0.1) is 0 Å². The number of hydrogen-bond donors (Lipinski definition) is 1. The van der Waals surface area contributed by atoms with E-state index in [2.05, 4.69) is 0 Å². The lowest BCUT2D eigenvalue weighted by Gasteiger charge is -2.33. The normalized spacial score (nSPS) is 14.1. The second-order valence-electron chi connectivity index (χ2n) is 6.61. The lowest BCUT2D eigenvalue weighted by Crippen LogP contribution is -2.41. The monoisotopic (exact) mass is 263 g/mol. The summed E-state index contributed by atoms with van der Waals surface area (Å²) in [5, 5.41) is 0. The van der Waals surface area contributed by atoms with Gasteiger partial charge in [-0.1, -0.05) is 29.8 Å². The van der Waals surface area contributed by atoms with E-state index in [0.29, 0.717) is 0 Å². The summed E-state index contributed by atoms with van der Waals surface area (Å²) in [6.45, 7) is 11.3. The molecule has 106 valence electrons. The molecule has 1 aromatic carbocycles. The minimum Gasteiger partial charge on any atom is -0.460 e. The average Bonchev–Trinajstić information content (AvgIpc) is 2.26. The van der Waals surface area contributed by atoms with Crippen LogP contribution >= 0.6 is 0 Å². The highest BCUT2D eigenvalue weighted by molar-refractivity contribution is 5.77. The van der Waals surface area contributed by atoms with Gasteiger partial charge in [-0.2, -0.15) is 0 Å². The third kappa shape index (κ3) is 4.06. The summed E-state index contributed by atoms with van der Waals surface area (Å²) in [6, 6.07) is 7.54. The van der Waals surface area contributed by atoms with Gasteiger partial charge in [0, 0.05) is 6.04 Å². The van der Waals surface area contributed by atoms with Crippen molar-refractivity contribution in [2.24, 2.45) is 11.1 Å². The van der Waals surface area contributed by atoms with E-state index in [1.165, 1.54) is 5.56 Å². The van der Waals surface area contributed by atoms with Crippen LogP contribution in [0.1, 0.15) is 51.8 Å². The molecule has 0 radical (unpaired) electrons. The molecule has 0 saturated heterocycles. The van der Waals surface area contributed by atoms with Crippen LogP contribution < -0.4 is 5.73 Å². The zero-order chi connectivity index (χ0) is 14.8. The van der Waals surface area contributed by atoms with Gasteiger partial charge in [0.25, 0.3) is 0 Å². The van der Waals surface area contributed by atoms with Gasteiger partial charge in [-0.3, -0.25) is 4.79 Å². The first-order valence-corrected chi connectivity index (χ1v) is 6.59. The standard InChI is InChI=1S/C16H25NO2/c1-11-7-9-12(10-8-11)13(17)16(5,6)14(18)19-15(2,3)4/h7-10,13H,17H2,1-6H3. The maximum atomic E-state index is 12.3. The minimum atomic E-state index is -0.761. The Morgan fingerprint density at radius 1 is 1.11 bits per heavy atom.